The van der Waals surface area contributed by atoms with E-state index in [1.165, 1.54) is 6.33 Å². The maximum absolute atomic E-state index is 12.1. The van der Waals surface area contributed by atoms with Crippen LogP contribution in [0.1, 0.15) is 19.3 Å². The SMILES string of the molecule is Nc1ncnc2c1c(I)nn2OC(=O)N1CCCCC1. The first-order valence-corrected chi connectivity index (χ1v) is 7.36. The van der Waals surface area contributed by atoms with Crippen molar-refractivity contribution >= 4 is 45.5 Å². The van der Waals surface area contributed by atoms with Gasteiger partial charge in [-0.2, -0.15) is 0 Å². The largest absolute Gasteiger partial charge is 0.436 e. The minimum atomic E-state index is -0.414. The van der Waals surface area contributed by atoms with Crippen molar-refractivity contribution in [2.45, 2.75) is 19.3 Å². The van der Waals surface area contributed by atoms with Crippen LogP contribution in [0.15, 0.2) is 6.33 Å². The summed E-state index contributed by atoms with van der Waals surface area (Å²) in [6, 6.07) is 0. The lowest BCUT2D eigenvalue weighted by molar-refractivity contribution is 0.0767. The lowest BCUT2D eigenvalue weighted by Gasteiger charge is -2.25. The highest BCUT2D eigenvalue weighted by atomic mass is 127. The fourth-order valence-corrected chi connectivity index (χ4v) is 2.89. The molecule has 3 heterocycles. The van der Waals surface area contributed by atoms with Crippen LogP contribution in [0.3, 0.4) is 0 Å². The summed E-state index contributed by atoms with van der Waals surface area (Å²) in [5, 5.41) is 4.73. The maximum atomic E-state index is 12.1. The van der Waals surface area contributed by atoms with Gasteiger partial charge in [0.25, 0.3) is 0 Å². The number of hydrogen-bond acceptors (Lipinski definition) is 6. The fourth-order valence-electron chi connectivity index (χ4n) is 2.18. The summed E-state index contributed by atoms with van der Waals surface area (Å²) in [6.45, 7) is 1.43. The molecule has 0 saturated carbocycles. The molecule has 9 heteroatoms. The first-order chi connectivity index (χ1) is 9.66. The van der Waals surface area contributed by atoms with Crippen molar-refractivity contribution in [2.24, 2.45) is 0 Å². The molecule has 0 aliphatic carbocycles. The summed E-state index contributed by atoms with van der Waals surface area (Å²) >= 11 is 2.01. The third-order valence-corrected chi connectivity index (χ3v) is 3.96. The molecular weight excluding hydrogens is 375 g/mol. The summed E-state index contributed by atoms with van der Waals surface area (Å²) in [4.78, 5) is 28.1. The molecule has 106 valence electrons. The van der Waals surface area contributed by atoms with Crippen molar-refractivity contribution in [2.75, 3.05) is 18.8 Å². The lowest BCUT2D eigenvalue weighted by Crippen LogP contribution is -2.40. The van der Waals surface area contributed by atoms with Gasteiger partial charge in [-0.3, -0.25) is 4.84 Å². The van der Waals surface area contributed by atoms with Crippen LogP contribution in [0.4, 0.5) is 10.6 Å². The van der Waals surface area contributed by atoms with Crippen LogP contribution >= 0.6 is 22.6 Å². The van der Waals surface area contributed by atoms with E-state index in [1.807, 2.05) is 22.6 Å². The van der Waals surface area contributed by atoms with Crippen molar-refractivity contribution in [1.29, 1.82) is 0 Å². The molecule has 8 nitrogen and oxygen atoms in total. The van der Waals surface area contributed by atoms with Crippen molar-refractivity contribution < 1.29 is 9.63 Å². The molecule has 2 N–H and O–H groups in total. The van der Waals surface area contributed by atoms with Crippen molar-refractivity contribution in [1.82, 2.24) is 24.8 Å². The zero-order chi connectivity index (χ0) is 14.1. The van der Waals surface area contributed by atoms with Gasteiger partial charge in [0.1, 0.15) is 15.8 Å². The number of nitrogens with two attached hydrogens (primary N) is 1. The second kappa shape index (κ2) is 5.38. The number of nitrogen functional groups attached to an aromatic ring is 1. The van der Waals surface area contributed by atoms with Gasteiger partial charge < -0.3 is 10.6 Å². The van der Waals surface area contributed by atoms with E-state index in [4.69, 9.17) is 10.6 Å². The quantitative estimate of drug-likeness (QED) is 0.734. The van der Waals surface area contributed by atoms with Gasteiger partial charge >= 0.3 is 6.09 Å². The third-order valence-electron chi connectivity index (χ3n) is 3.20. The number of piperidine rings is 1. The van der Waals surface area contributed by atoms with Crippen LogP contribution in [-0.4, -0.2) is 44.0 Å². The van der Waals surface area contributed by atoms with E-state index in [0.717, 1.165) is 24.1 Å². The molecule has 0 unspecified atom stereocenters. The lowest BCUT2D eigenvalue weighted by atomic mass is 10.1. The number of likely N-dealkylation sites (tertiary alicyclic amines) is 1. The van der Waals surface area contributed by atoms with E-state index < -0.39 is 6.09 Å². The van der Waals surface area contributed by atoms with E-state index in [1.54, 1.807) is 4.90 Å². The van der Waals surface area contributed by atoms with Crippen LogP contribution in [0.25, 0.3) is 11.0 Å². The number of anilines is 1. The Kier molecular flexibility index (Phi) is 3.59. The number of amides is 1. The molecule has 2 aromatic rings. The van der Waals surface area contributed by atoms with Gasteiger partial charge in [-0.05, 0) is 41.9 Å². The molecule has 0 aromatic carbocycles. The molecule has 1 saturated heterocycles. The monoisotopic (exact) mass is 388 g/mol. The molecule has 1 aliphatic heterocycles. The number of nitrogens with zero attached hydrogens (tertiary/aromatic N) is 5. The van der Waals surface area contributed by atoms with Gasteiger partial charge in [-0.25, -0.2) is 14.8 Å². The smallest absolute Gasteiger partial charge is 0.383 e. The number of carbonyl (C=O) groups excluding carboxylic acids is 1. The van der Waals surface area contributed by atoms with Crippen molar-refractivity contribution in [3.63, 3.8) is 0 Å². The molecule has 3 rings (SSSR count). The average Bonchev–Trinajstić information content (AvgIpc) is 2.77. The topological polar surface area (TPSA) is 99.2 Å². The van der Waals surface area contributed by atoms with Gasteiger partial charge in [0.15, 0.2) is 0 Å². The van der Waals surface area contributed by atoms with Crippen LogP contribution in [0.5, 0.6) is 0 Å². The molecule has 1 fully saturated rings. The van der Waals surface area contributed by atoms with Gasteiger partial charge in [-0.1, -0.05) is 4.85 Å². The third kappa shape index (κ3) is 2.37. The molecule has 0 spiro atoms. The zero-order valence-electron chi connectivity index (χ0n) is 10.6. The highest BCUT2D eigenvalue weighted by molar-refractivity contribution is 14.1. The number of fused-ring (bicyclic) bond motifs is 1. The van der Waals surface area contributed by atoms with E-state index in [0.29, 0.717) is 33.6 Å². The summed E-state index contributed by atoms with van der Waals surface area (Å²) in [5.74, 6) is 0.319. The molecule has 1 aliphatic rings. The zero-order valence-corrected chi connectivity index (χ0v) is 12.8. The Hall–Kier alpha value is -1.65. The predicted molar refractivity (Wildman–Crippen MR) is 79.9 cm³/mol. The molecule has 0 radical (unpaired) electrons. The van der Waals surface area contributed by atoms with Crippen molar-refractivity contribution in [3.05, 3.63) is 10.0 Å². The number of hydrogen-bond donors (Lipinski definition) is 1. The normalized spacial score (nSPS) is 15.6. The highest BCUT2D eigenvalue weighted by Crippen LogP contribution is 2.21. The minimum Gasteiger partial charge on any atom is -0.383 e. The second-order valence-corrected chi connectivity index (χ2v) is 5.55. The minimum absolute atomic E-state index is 0.319. The summed E-state index contributed by atoms with van der Waals surface area (Å²) in [6.07, 6.45) is 4.06. The van der Waals surface area contributed by atoms with Gasteiger partial charge in [-0.15, -0.1) is 5.10 Å². The highest BCUT2D eigenvalue weighted by Gasteiger charge is 2.21. The Balaban J connectivity index is 1.87. The van der Waals surface area contributed by atoms with Crippen LogP contribution in [0.2, 0.25) is 0 Å². The van der Waals surface area contributed by atoms with Gasteiger partial charge in [0.05, 0.1) is 5.39 Å². The number of carbonyl (C=O) groups is 1. The first-order valence-electron chi connectivity index (χ1n) is 6.29. The standard InChI is InChI=1S/C11H13IN6O2/c12-8-7-9(13)14-6-15-10(7)18(16-8)20-11(19)17-4-2-1-3-5-17/h6H,1-5H2,(H2,13,14,15). The van der Waals surface area contributed by atoms with E-state index >= 15 is 0 Å². The fraction of sp³-hybridized carbons (Fsp3) is 0.455. The van der Waals surface area contributed by atoms with Crippen LogP contribution in [-0.2, 0) is 0 Å². The van der Waals surface area contributed by atoms with E-state index in [-0.39, 0.29) is 0 Å². The Morgan fingerprint density at radius 3 is 2.80 bits per heavy atom. The Labute approximate surface area is 128 Å². The maximum Gasteiger partial charge on any atom is 0.436 e. The molecular formula is C11H13IN6O2. The summed E-state index contributed by atoms with van der Waals surface area (Å²) in [7, 11) is 0. The first kappa shape index (κ1) is 13.3. The van der Waals surface area contributed by atoms with Crippen LogP contribution < -0.4 is 10.6 Å². The summed E-state index contributed by atoms with van der Waals surface area (Å²) < 4.78 is 0.599. The van der Waals surface area contributed by atoms with Gasteiger partial charge in [0, 0.05) is 13.1 Å². The predicted octanol–water partition coefficient (Wildman–Crippen LogP) is 1.05. The van der Waals surface area contributed by atoms with Crippen molar-refractivity contribution in [3.8, 4) is 0 Å². The molecule has 0 bridgehead atoms. The van der Waals surface area contributed by atoms with E-state index in [2.05, 4.69) is 15.1 Å². The second-order valence-electron chi connectivity index (χ2n) is 4.53. The van der Waals surface area contributed by atoms with Gasteiger partial charge in [0.2, 0.25) is 5.65 Å². The Morgan fingerprint density at radius 2 is 2.05 bits per heavy atom. The summed E-state index contributed by atoms with van der Waals surface area (Å²) in [5.41, 5.74) is 6.18. The van der Waals surface area contributed by atoms with Crippen LogP contribution in [0, 0.1) is 3.70 Å². The number of halogens is 1. The Morgan fingerprint density at radius 1 is 1.30 bits per heavy atom. The van der Waals surface area contributed by atoms with E-state index in [9.17, 15) is 4.79 Å². The number of rotatable bonds is 1. The molecule has 2 aromatic heterocycles. The molecule has 20 heavy (non-hydrogen) atoms. The average molecular weight is 388 g/mol. The Bertz CT molecular complexity index is 652. The number of aromatic nitrogens is 4. The molecule has 1 amide bonds. The molecule has 0 atom stereocenters.